The van der Waals surface area contributed by atoms with Crippen molar-refractivity contribution in [3.05, 3.63) is 34.1 Å². The minimum atomic E-state index is 0.000648. The van der Waals surface area contributed by atoms with Gasteiger partial charge in [0.25, 0.3) is 0 Å². The first-order valence-electron chi connectivity index (χ1n) is 3.25. The van der Waals surface area contributed by atoms with Gasteiger partial charge in [-0.3, -0.25) is 4.85 Å². The van der Waals surface area contributed by atoms with E-state index in [0.717, 1.165) is 4.47 Å². The molecule has 0 heterocycles. The summed E-state index contributed by atoms with van der Waals surface area (Å²) in [7, 11) is 0. The van der Waals surface area contributed by atoms with Crippen LogP contribution in [-0.4, -0.2) is 6.73 Å². The predicted molar refractivity (Wildman–Crippen MR) is 50.7 cm³/mol. The van der Waals surface area contributed by atoms with Crippen molar-refractivity contribution in [2.24, 2.45) is 0 Å². The van der Waals surface area contributed by atoms with Gasteiger partial charge in [0.2, 0.25) is 0 Å². The van der Waals surface area contributed by atoms with E-state index in [4.69, 9.17) is 17.0 Å². The van der Waals surface area contributed by atoms with Crippen LogP contribution in [0.1, 0.15) is 0 Å². The van der Waals surface area contributed by atoms with Crippen LogP contribution >= 0.6 is 15.9 Å². The number of ether oxygens (including phenoxy) is 1. The molecule has 0 aliphatic rings. The van der Waals surface area contributed by atoms with Gasteiger partial charge in [-0.2, -0.15) is 0 Å². The summed E-state index contributed by atoms with van der Waals surface area (Å²) in [5.41, 5.74) is 6.12. The third kappa shape index (κ3) is 2.14. The van der Waals surface area contributed by atoms with Gasteiger partial charge in [0.1, 0.15) is 0 Å². The minimum Gasteiger partial charge on any atom is -0.424 e. The van der Waals surface area contributed by atoms with Crippen molar-refractivity contribution in [3.8, 4) is 5.75 Å². The zero-order valence-corrected chi connectivity index (χ0v) is 7.84. The van der Waals surface area contributed by atoms with Crippen LogP contribution in [0.5, 0.6) is 5.75 Å². The van der Waals surface area contributed by atoms with Crippen LogP contribution in [0.15, 0.2) is 22.7 Å². The van der Waals surface area contributed by atoms with Crippen molar-refractivity contribution >= 4 is 21.6 Å². The smallest absolute Gasteiger partial charge is 0.357 e. The molecule has 0 atom stereocenters. The van der Waals surface area contributed by atoms with E-state index < -0.39 is 0 Å². The maximum atomic E-state index is 6.52. The number of rotatable bonds is 2. The summed E-state index contributed by atoms with van der Waals surface area (Å²) < 4.78 is 5.94. The van der Waals surface area contributed by atoms with Gasteiger partial charge in [0, 0.05) is 4.47 Å². The second kappa shape index (κ2) is 3.98. The number of hydrogen-bond donors (Lipinski definition) is 1. The van der Waals surface area contributed by atoms with Gasteiger partial charge in [-0.15, -0.1) is 0 Å². The van der Waals surface area contributed by atoms with E-state index in [1.165, 1.54) is 0 Å². The van der Waals surface area contributed by atoms with Crippen LogP contribution in [0.2, 0.25) is 0 Å². The van der Waals surface area contributed by atoms with Gasteiger partial charge < -0.3 is 10.5 Å². The van der Waals surface area contributed by atoms with E-state index >= 15 is 0 Å². The molecule has 1 aromatic carbocycles. The van der Waals surface area contributed by atoms with Crippen molar-refractivity contribution in [2.45, 2.75) is 0 Å². The van der Waals surface area contributed by atoms with Gasteiger partial charge in [-0.25, -0.2) is 6.57 Å². The van der Waals surface area contributed by atoms with Crippen LogP contribution in [0.3, 0.4) is 0 Å². The summed E-state index contributed by atoms with van der Waals surface area (Å²) >= 11 is 3.28. The van der Waals surface area contributed by atoms with E-state index in [2.05, 4.69) is 20.8 Å². The lowest BCUT2D eigenvalue weighted by molar-refractivity contribution is 0.363. The maximum Gasteiger partial charge on any atom is 0.357 e. The van der Waals surface area contributed by atoms with Crippen molar-refractivity contribution in [1.29, 1.82) is 0 Å². The molecule has 0 saturated carbocycles. The molecule has 0 aliphatic heterocycles. The molecule has 4 heteroatoms. The van der Waals surface area contributed by atoms with E-state index in [1.54, 1.807) is 12.1 Å². The summed E-state index contributed by atoms with van der Waals surface area (Å²) in [6.07, 6.45) is 0. The Bertz CT molecular complexity index is 319. The Morgan fingerprint density at radius 3 is 3.00 bits per heavy atom. The highest BCUT2D eigenvalue weighted by Gasteiger charge is 2.00. The normalized spacial score (nSPS) is 9.00. The molecule has 1 rings (SSSR count). The maximum absolute atomic E-state index is 6.52. The van der Waals surface area contributed by atoms with Crippen molar-refractivity contribution < 1.29 is 4.74 Å². The molecule has 0 amide bonds. The molecule has 1 aromatic rings. The number of benzene rings is 1. The average Bonchev–Trinajstić information content (AvgIpc) is 2.07. The molecule has 0 unspecified atom stereocenters. The molecular weight excluding hydrogens is 220 g/mol. The number of hydrogen-bond acceptors (Lipinski definition) is 2. The standard InChI is InChI=1S/C8H7BrN2O/c1-11-5-12-8-4-6(9)2-3-7(8)10/h2-4H,5,10H2. The SMILES string of the molecule is [C-]#[N+]COc1cc(Br)ccc1N. The lowest BCUT2D eigenvalue weighted by atomic mass is 10.3. The van der Waals surface area contributed by atoms with Gasteiger partial charge in [-0.1, -0.05) is 15.9 Å². The fourth-order valence-electron chi connectivity index (χ4n) is 0.735. The predicted octanol–water partition coefficient (Wildman–Crippen LogP) is 2.29. The van der Waals surface area contributed by atoms with Gasteiger partial charge >= 0.3 is 6.73 Å². The molecule has 62 valence electrons. The second-order valence-corrected chi connectivity index (χ2v) is 3.03. The Balaban J connectivity index is 2.84. The monoisotopic (exact) mass is 226 g/mol. The Morgan fingerprint density at radius 1 is 1.58 bits per heavy atom. The molecule has 0 aliphatic carbocycles. The lowest BCUT2D eigenvalue weighted by Crippen LogP contribution is -1.96. The van der Waals surface area contributed by atoms with Gasteiger partial charge in [0.15, 0.2) is 5.75 Å². The quantitative estimate of drug-likeness (QED) is 0.621. The molecule has 0 bridgehead atoms. The first kappa shape index (κ1) is 8.88. The van der Waals surface area contributed by atoms with E-state index in [0.29, 0.717) is 11.4 Å². The van der Waals surface area contributed by atoms with E-state index in [9.17, 15) is 0 Å². The Kier molecular flexibility index (Phi) is 2.94. The average molecular weight is 227 g/mol. The molecular formula is C8H7BrN2O. The molecule has 0 fully saturated rings. The Labute approximate surface area is 79.1 Å². The highest BCUT2D eigenvalue weighted by molar-refractivity contribution is 9.10. The third-order valence-corrected chi connectivity index (χ3v) is 1.75. The van der Waals surface area contributed by atoms with E-state index in [-0.39, 0.29) is 6.73 Å². The highest BCUT2D eigenvalue weighted by Crippen LogP contribution is 2.25. The van der Waals surface area contributed by atoms with Crippen molar-refractivity contribution in [2.75, 3.05) is 12.5 Å². The van der Waals surface area contributed by atoms with E-state index in [1.807, 2.05) is 6.07 Å². The number of anilines is 1. The highest BCUT2D eigenvalue weighted by atomic mass is 79.9. The summed E-state index contributed by atoms with van der Waals surface area (Å²) in [5, 5.41) is 0. The minimum absolute atomic E-state index is 0.000648. The summed E-state index contributed by atoms with van der Waals surface area (Å²) in [6, 6.07) is 5.28. The zero-order chi connectivity index (χ0) is 8.97. The number of nitrogen functional groups attached to an aromatic ring is 1. The Morgan fingerprint density at radius 2 is 2.33 bits per heavy atom. The number of halogens is 1. The molecule has 0 radical (unpaired) electrons. The number of nitrogens with two attached hydrogens (primary N) is 1. The molecule has 0 aromatic heterocycles. The molecule has 0 spiro atoms. The largest absolute Gasteiger partial charge is 0.424 e. The summed E-state index contributed by atoms with van der Waals surface area (Å²) in [6.45, 7) is 6.52. The van der Waals surface area contributed by atoms with Crippen LogP contribution < -0.4 is 10.5 Å². The molecule has 12 heavy (non-hydrogen) atoms. The van der Waals surface area contributed by atoms with Gasteiger partial charge in [0.05, 0.1) is 5.69 Å². The summed E-state index contributed by atoms with van der Waals surface area (Å²) in [5.74, 6) is 0.542. The first-order chi connectivity index (χ1) is 5.74. The fourth-order valence-corrected chi connectivity index (χ4v) is 1.08. The molecule has 3 nitrogen and oxygen atoms in total. The second-order valence-electron chi connectivity index (χ2n) is 2.11. The zero-order valence-electron chi connectivity index (χ0n) is 6.25. The fraction of sp³-hybridized carbons (Fsp3) is 0.125. The lowest BCUT2D eigenvalue weighted by Gasteiger charge is -2.03. The van der Waals surface area contributed by atoms with Crippen LogP contribution in [-0.2, 0) is 0 Å². The molecule has 2 N–H and O–H groups in total. The van der Waals surface area contributed by atoms with Gasteiger partial charge in [-0.05, 0) is 18.2 Å². The van der Waals surface area contributed by atoms with Crippen molar-refractivity contribution in [3.63, 3.8) is 0 Å². The Hall–Kier alpha value is -1.21. The van der Waals surface area contributed by atoms with Crippen LogP contribution in [0.25, 0.3) is 4.85 Å². The third-order valence-electron chi connectivity index (χ3n) is 1.26. The number of nitrogens with zero attached hydrogens (tertiary/aromatic N) is 1. The topological polar surface area (TPSA) is 39.6 Å². The first-order valence-corrected chi connectivity index (χ1v) is 4.04. The van der Waals surface area contributed by atoms with Crippen molar-refractivity contribution in [1.82, 2.24) is 0 Å². The summed E-state index contributed by atoms with van der Waals surface area (Å²) in [4.78, 5) is 3.06. The molecule has 0 saturated heterocycles. The van der Waals surface area contributed by atoms with Crippen LogP contribution in [0, 0.1) is 6.57 Å². The van der Waals surface area contributed by atoms with Crippen LogP contribution in [0.4, 0.5) is 5.69 Å².